The molecular formula is C14H24N4O9P+2. The lowest BCUT2D eigenvalue weighted by atomic mass is 10.2. The number of hydrogen-bond acceptors (Lipinski definition) is 10. The summed E-state index contributed by atoms with van der Waals surface area (Å²) in [7, 11) is -2.82. The van der Waals surface area contributed by atoms with Crippen LogP contribution in [0.3, 0.4) is 0 Å². The van der Waals surface area contributed by atoms with Crippen LogP contribution in [0.25, 0.3) is 0 Å². The van der Waals surface area contributed by atoms with Gasteiger partial charge in [0.25, 0.3) is 5.56 Å². The van der Waals surface area contributed by atoms with Gasteiger partial charge in [-0.1, -0.05) is 0 Å². The van der Waals surface area contributed by atoms with E-state index in [1.807, 2.05) is 0 Å². The zero-order chi connectivity index (χ0) is 21.1. The summed E-state index contributed by atoms with van der Waals surface area (Å²) in [5.74, 6) is 2.38. The minimum absolute atomic E-state index is 0.0426. The van der Waals surface area contributed by atoms with Crippen molar-refractivity contribution in [3.8, 4) is 0 Å². The molecule has 6 N–H and O–H groups in total. The number of H-pyrrole nitrogens is 1. The summed E-state index contributed by atoms with van der Waals surface area (Å²) in [6, 6.07) is -0.998. The van der Waals surface area contributed by atoms with Crippen molar-refractivity contribution in [2.24, 2.45) is 0 Å². The average Bonchev–Trinajstić information content (AvgIpc) is 3.02. The summed E-state index contributed by atoms with van der Waals surface area (Å²) >= 11 is 0. The number of carbonyl (C=O) groups is 1. The van der Waals surface area contributed by atoms with Crippen molar-refractivity contribution < 1.29 is 39.3 Å². The number of ether oxygens (including phenoxy) is 2. The average molecular weight is 423 g/mol. The third-order valence-electron chi connectivity index (χ3n) is 4.15. The minimum atomic E-state index is -3.99. The van der Waals surface area contributed by atoms with Crippen molar-refractivity contribution in [1.29, 1.82) is 0 Å². The van der Waals surface area contributed by atoms with Gasteiger partial charge >= 0.3 is 19.8 Å². The highest BCUT2D eigenvalue weighted by molar-refractivity contribution is 7.56. The maximum atomic E-state index is 12.5. The first-order chi connectivity index (χ1) is 13.1. The second-order valence-corrected chi connectivity index (χ2v) is 7.98. The smallest absolute Gasteiger partial charge is 0.594 e. The number of carbonyl (C=O) groups excluding carboxylic acids is 1. The van der Waals surface area contributed by atoms with Crippen molar-refractivity contribution in [3.63, 3.8) is 0 Å². The Hall–Kier alpha value is -1.70. The van der Waals surface area contributed by atoms with Gasteiger partial charge in [0.15, 0.2) is 7.11 Å². The third kappa shape index (κ3) is 5.21. The fraction of sp³-hybridized carbons (Fsp3) is 0.643. The van der Waals surface area contributed by atoms with Crippen LogP contribution in [0, 0.1) is 6.92 Å². The molecule has 14 heteroatoms. The van der Waals surface area contributed by atoms with E-state index in [4.69, 9.17) is 9.26 Å². The van der Waals surface area contributed by atoms with Crippen molar-refractivity contribution in [2.45, 2.75) is 44.7 Å². The second kappa shape index (κ2) is 9.20. The van der Waals surface area contributed by atoms with E-state index < -0.39 is 49.8 Å². The molecule has 2 heterocycles. The molecule has 1 fully saturated rings. The Bertz CT molecular complexity index is 815. The van der Waals surface area contributed by atoms with Gasteiger partial charge in [0.05, 0.1) is 10.9 Å². The number of aliphatic hydroxyl groups excluding tert-OH is 1. The molecule has 0 spiro atoms. The summed E-state index contributed by atoms with van der Waals surface area (Å²) in [6.07, 6.45) is -1.47. The number of nitrogens with one attached hydrogen (secondary N) is 2. The maximum Gasteiger partial charge on any atom is 0.594 e. The molecule has 13 nitrogen and oxygen atoms in total. The molecule has 1 aromatic rings. The maximum absolute atomic E-state index is 12.5. The normalized spacial score (nSPS) is 25.3. The molecule has 157 valence electrons. The van der Waals surface area contributed by atoms with Crippen LogP contribution in [0.5, 0.6) is 0 Å². The highest BCUT2D eigenvalue weighted by Crippen LogP contribution is 2.46. The Kier molecular flexibility index (Phi) is 7.42. The van der Waals surface area contributed by atoms with Gasteiger partial charge in [-0.15, -0.1) is 5.09 Å². The predicted molar refractivity (Wildman–Crippen MR) is 92.1 cm³/mol. The second-order valence-electron chi connectivity index (χ2n) is 6.21. The lowest BCUT2D eigenvalue weighted by molar-refractivity contribution is -0.652. The quantitative estimate of drug-likeness (QED) is 0.144. The lowest BCUT2D eigenvalue weighted by Gasteiger charge is -2.24. The summed E-state index contributed by atoms with van der Waals surface area (Å²) < 4.78 is 21.0. The molecule has 0 saturated carbocycles. The van der Waals surface area contributed by atoms with Gasteiger partial charge in [-0.3, -0.25) is 14.3 Å². The van der Waals surface area contributed by atoms with Crippen LogP contribution in [-0.4, -0.2) is 52.6 Å². The van der Waals surface area contributed by atoms with Gasteiger partial charge in [-0.05, 0) is 18.5 Å². The van der Waals surface area contributed by atoms with E-state index >= 15 is 0 Å². The predicted octanol–water partition coefficient (Wildman–Crippen LogP) is -3.13. The fourth-order valence-corrected chi connectivity index (χ4v) is 3.73. The van der Waals surface area contributed by atoms with E-state index in [1.165, 1.54) is 27.2 Å². The molecule has 2 rings (SSSR count). The first-order valence-electron chi connectivity index (χ1n) is 8.29. The number of nitrogens with zero attached hydrogens (tertiary/aromatic N) is 1. The van der Waals surface area contributed by atoms with Crippen LogP contribution in [0.4, 0.5) is 0 Å². The van der Waals surface area contributed by atoms with Gasteiger partial charge in [0.2, 0.25) is 6.04 Å². The van der Waals surface area contributed by atoms with Gasteiger partial charge < -0.3 is 19.5 Å². The molecule has 1 saturated heterocycles. The Labute approximate surface area is 159 Å². The van der Waals surface area contributed by atoms with Crippen molar-refractivity contribution in [3.05, 3.63) is 32.6 Å². The van der Waals surface area contributed by atoms with Crippen molar-refractivity contribution in [2.75, 3.05) is 13.7 Å². The van der Waals surface area contributed by atoms with Crippen LogP contribution in [0.2, 0.25) is 0 Å². The van der Waals surface area contributed by atoms with Crippen LogP contribution < -0.4 is 27.1 Å². The topological polar surface area (TPSA) is 194 Å². The number of rotatable bonds is 8. The first kappa shape index (κ1) is 22.6. The molecule has 0 amide bonds. The summed E-state index contributed by atoms with van der Waals surface area (Å²) in [4.78, 5) is 49.5. The molecule has 5 atom stereocenters. The van der Waals surface area contributed by atoms with Gasteiger partial charge in [-0.25, -0.2) is 4.79 Å². The Morgan fingerprint density at radius 2 is 2.32 bits per heavy atom. The van der Waals surface area contributed by atoms with Crippen LogP contribution >= 0.6 is 8.09 Å². The van der Waals surface area contributed by atoms with E-state index in [1.54, 1.807) is 0 Å². The zero-order valence-electron chi connectivity index (χ0n) is 15.6. The Balaban J connectivity index is 2.03. The van der Waals surface area contributed by atoms with Crippen LogP contribution in [-0.2, 0) is 23.4 Å². The van der Waals surface area contributed by atoms with E-state index in [-0.39, 0.29) is 13.0 Å². The van der Waals surface area contributed by atoms with Crippen molar-refractivity contribution in [1.82, 2.24) is 14.6 Å². The largest absolute Gasteiger partial charge is 0.611 e. The molecule has 1 unspecified atom stereocenters. The summed E-state index contributed by atoms with van der Waals surface area (Å²) in [5.41, 5.74) is -0.901. The van der Waals surface area contributed by atoms with E-state index in [0.717, 1.165) is 4.57 Å². The monoisotopic (exact) mass is 423 g/mol. The lowest BCUT2D eigenvalue weighted by Crippen LogP contribution is -2.55. The number of quaternary nitrogens is 1. The van der Waals surface area contributed by atoms with Crippen LogP contribution in [0.15, 0.2) is 15.8 Å². The molecule has 1 radical (unpaired) electrons. The molecule has 1 aliphatic heterocycles. The molecule has 1 aliphatic rings. The number of aryl methyl sites for hydroxylation is 1. The fourth-order valence-electron chi connectivity index (χ4n) is 2.59. The number of esters is 1. The molecule has 28 heavy (non-hydrogen) atoms. The van der Waals surface area contributed by atoms with Gasteiger partial charge in [-0.2, -0.15) is 10.4 Å². The zero-order valence-corrected chi connectivity index (χ0v) is 16.5. The number of hydrogen-bond donors (Lipinski definition) is 4. The summed E-state index contributed by atoms with van der Waals surface area (Å²) in [6.45, 7) is 2.54. The highest BCUT2D eigenvalue weighted by atomic mass is 31.2. The molecule has 1 aromatic heterocycles. The van der Waals surface area contributed by atoms with E-state index in [0.29, 0.717) is 5.56 Å². The molecule has 0 aliphatic carbocycles. The molecular weight excluding hydrogens is 399 g/mol. The van der Waals surface area contributed by atoms with E-state index in [2.05, 4.69) is 25.3 Å². The SMILES string of the molecule is C[O+]C(=O)[C@H](C)N[P+]([O-])(O[NH3+])OC[C@H]1O[C@@H](n2cc(C)c(=O)[nH]c2=O)C[C@@H]1O. The number of methoxy groups -OCH3 is 1. The van der Waals surface area contributed by atoms with Crippen LogP contribution in [0.1, 0.15) is 25.1 Å². The minimum Gasteiger partial charge on any atom is -0.611 e. The Morgan fingerprint density at radius 3 is 2.93 bits per heavy atom. The number of aromatic amines is 1. The van der Waals surface area contributed by atoms with Gasteiger partial charge in [0.1, 0.15) is 18.9 Å². The number of aromatic nitrogens is 2. The third-order valence-corrected chi connectivity index (χ3v) is 5.68. The molecule has 0 bridgehead atoms. The molecule has 0 aromatic carbocycles. The Morgan fingerprint density at radius 1 is 1.64 bits per heavy atom. The van der Waals surface area contributed by atoms with Crippen molar-refractivity contribution >= 4 is 14.1 Å². The summed E-state index contributed by atoms with van der Waals surface area (Å²) in [5, 5.41) is 12.5. The van der Waals surface area contributed by atoms with Gasteiger partial charge in [0, 0.05) is 18.2 Å². The highest BCUT2D eigenvalue weighted by Gasteiger charge is 2.44. The first-order valence-corrected chi connectivity index (χ1v) is 9.84. The van der Waals surface area contributed by atoms with E-state index in [9.17, 15) is 24.4 Å². The standard InChI is InChI=1S/C14H23N4O9P/c1-7-5-18(14(22)16-12(7)20)11-4-9(19)10(26-11)6-25-28(23,27-15)17-8(2)13(21)24-3/h5,8-11,19H,4,6H2,1-3,15H3,(H-,16,17,20,22,23)/q+1/p+1/t8-,9-,10+,11+,28?/m0/s1. The number of aliphatic hydroxyl groups is 1.